The van der Waals surface area contributed by atoms with Crippen molar-refractivity contribution in [1.82, 2.24) is 14.8 Å². The molecule has 3 nitrogen and oxygen atoms in total. The molecule has 0 saturated heterocycles. The number of benzene rings is 1. The first kappa shape index (κ1) is 15.3. The van der Waals surface area contributed by atoms with Crippen LogP contribution in [0, 0.1) is 0 Å². The quantitative estimate of drug-likeness (QED) is 0.672. The summed E-state index contributed by atoms with van der Waals surface area (Å²) in [7, 11) is 1.95. The molecule has 0 fully saturated rings. The van der Waals surface area contributed by atoms with Crippen LogP contribution in [-0.2, 0) is 19.9 Å². The Bertz CT molecular complexity index is 774. The van der Waals surface area contributed by atoms with E-state index in [2.05, 4.69) is 48.3 Å². The monoisotopic (exact) mass is 329 g/mol. The summed E-state index contributed by atoms with van der Waals surface area (Å²) in [6, 6.07) is 6.77. The zero-order chi connectivity index (χ0) is 15.5. The number of thiazole rings is 1. The van der Waals surface area contributed by atoms with Crippen LogP contribution in [0.5, 0.6) is 0 Å². The Balaban J connectivity index is 1.93. The van der Waals surface area contributed by atoms with E-state index in [1.54, 1.807) is 23.1 Å². The molecular weight excluding hydrogens is 310 g/mol. The summed E-state index contributed by atoms with van der Waals surface area (Å²) in [6.45, 7) is 4.34. The molecular formula is C17H19N3S2. The lowest BCUT2D eigenvalue weighted by Gasteiger charge is -2.06. The molecule has 2 aromatic heterocycles. The number of hydrogen-bond donors (Lipinski definition) is 0. The summed E-state index contributed by atoms with van der Waals surface area (Å²) in [4.78, 5) is 5.71. The standard InChI is InChI=1S/C17H19N3S2/c1-4-12-6-13(14-9-19-20(3)11-14)8-15(7-12)21-17-10-18-16(5-2)22-17/h6-11H,4-5H2,1-3H3. The van der Waals surface area contributed by atoms with Crippen LogP contribution < -0.4 is 0 Å². The van der Waals surface area contributed by atoms with Gasteiger partial charge < -0.3 is 0 Å². The lowest BCUT2D eigenvalue weighted by molar-refractivity contribution is 0.768. The molecule has 0 bridgehead atoms. The molecule has 5 heteroatoms. The molecule has 0 unspecified atom stereocenters. The predicted octanol–water partition coefficient (Wildman–Crippen LogP) is 4.82. The van der Waals surface area contributed by atoms with Crippen molar-refractivity contribution in [3.63, 3.8) is 0 Å². The minimum absolute atomic E-state index is 1.00. The average Bonchev–Trinajstić information content (AvgIpc) is 3.15. The van der Waals surface area contributed by atoms with E-state index in [0.29, 0.717) is 0 Å². The van der Waals surface area contributed by atoms with Gasteiger partial charge >= 0.3 is 0 Å². The number of aromatic nitrogens is 3. The fourth-order valence-corrected chi connectivity index (χ4v) is 4.35. The summed E-state index contributed by atoms with van der Waals surface area (Å²) in [5, 5.41) is 5.47. The summed E-state index contributed by atoms with van der Waals surface area (Å²) < 4.78 is 3.10. The summed E-state index contributed by atoms with van der Waals surface area (Å²) >= 11 is 3.58. The zero-order valence-corrected chi connectivity index (χ0v) is 14.7. The van der Waals surface area contributed by atoms with Crippen molar-refractivity contribution in [1.29, 1.82) is 0 Å². The van der Waals surface area contributed by atoms with Gasteiger partial charge in [0, 0.05) is 23.7 Å². The smallest absolute Gasteiger partial charge is 0.0934 e. The van der Waals surface area contributed by atoms with Gasteiger partial charge in [-0.05, 0) is 36.1 Å². The van der Waals surface area contributed by atoms with Crippen LogP contribution in [0.25, 0.3) is 11.1 Å². The maximum atomic E-state index is 4.44. The topological polar surface area (TPSA) is 30.7 Å². The highest BCUT2D eigenvalue weighted by atomic mass is 32.2. The van der Waals surface area contributed by atoms with E-state index in [1.165, 1.54) is 30.8 Å². The van der Waals surface area contributed by atoms with Crippen molar-refractivity contribution >= 4 is 23.1 Å². The third kappa shape index (κ3) is 3.42. The Hall–Kier alpha value is -1.59. The van der Waals surface area contributed by atoms with Gasteiger partial charge in [0.1, 0.15) is 0 Å². The van der Waals surface area contributed by atoms with Gasteiger partial charge in [0.25, 0.3) is 0 Å². The molecule has 0 N–H and O–H groups in total. The molecule has 0 aliphatic heterocycles. The summed E-state index contributed by atoms with van der Waals surface area (Å²) in [5.74, 6) is 0. The number of nitrogens with zero attached hydrogens (tertiary/aromatic N) is 3. The lowest BCUT2D eigenvalue weighted by atomic mass is 10.1. The molecule has 0 aliphatic carbocycles. The second kappa shape index (κ2) is 6.67. The van der Waals surface area contributed by atoms with Crippen LogP contribution in [0.1, 0.15) is 24.4 Å². The second-order valence-electron chi connectivity index (χ2n) is 5.15. The summed E-state index contributed by atoms with van der Waals surface area (Å²) in [5.41, 5.74) is 3.75. The van der Waals surface area contributed by atoms with Crippen LogP contribution in [0.2, 0.25) is 0 Å². The van der Waals surface area contributed by atoms with Gasteiger partial charge in [-0.1, -0.05) is 31.7 Å². The Morgan fingerprint density at radius 2 is 1.95 bits per heavy atom. The molecule has 3 aromatic rings. The molecule has 0 aliphatic rings. The minimum atomic E-state index is 1.00. The fraction of sp³-hybridized carbons (Fsp3) is 0.294. The van der Waals surface area contributed by atoms with Crippen LogP contribution in [0.15, 0.2) is 45.9 Å². The molecule has 0 amide bonds. The van der Waals surface area contributed by atoms with Crippen molar-refractivity contribution in [2.24, 2.45) is 7.05 Å². The van der Waals surface area contributed by atoms with Crippen molar-refractivity contribution < 1.29 is 0 Å². The number of hydrogen-bond acceptors (Lipinski definition) is 4. The second-order valence-corrected chi connectivity index (χ2v) is 7.64. The van der Waals surface area contributed by atoms with E-state index in [1.807, 2.05) is 24.1 Å². The fourth-order valence-electron chi connectivity index (χ4n) is 2.28. The van der Waals surface area contributed by atoms with Gasteiger partial charge in [0.05, 0.1) is 21.6 Å². The highest BCUT2D eigenvalue weighted by molar-refractivity contribution is 8.01. The van der Waals surface area contributed by atoms with Gasteiger partial charge in [-0.2, -0.15) is 5.10 Å². The molecule has 22 heavy (non-hydrogen) atoms. The lowest BCUT2D eigenvalue weighted by Crippen LogP contribution is -1.86. The Kier molecular flexibility index (Phi) is 4.64. The molecule has 0 saturated carbocycles. The molecule has 0 spiro atoms. The molecule has 3 rings (SSSR count). The maximum Gasteiger partial charge on any atom is 0.0934 e. The number of aryl methyl sites for hydroxylation is 3. The molecule has 1 aromatic carbocycles. The van der Waals surface area contributed by atoms with E-state index in [4.69, 9.17) is 0 Å². The van der Waals surface area contributed by atoms with Crippen molar-refractivity contribution in [3.05, 3.63) is 47.4 Å². The third-order valence-electron chi connectivity index (χ3n) is 3.47. The molecule has 2 heterocycles. The molecule has 0 atom stereocenters. The predicted molar refractivity (Wildman–Crippen MR) is 93.6 cm³/mol. The highest BCUT2D eigenvalue weighted by Crippen LogP contribution is 2.35. The largest absolute Gasteiger partial charge is 0.275 e. The Morgan fingerprint density at radius 3 is 2.59 bits per heavy atom. The van der Waals surface area contributed by atoms with Gasteiger partial charge in [0.15, 0.2) is 0 Å². The summed E-state index contributed by atoms with van der Waals surface area (Å²) in [6.07, 6.45) is 8.00. The van der Waals surface area contributed by atoms with E-state index >= 15 is 0 Å². The van der Waals surface area contributed by atoms with Crippen molar-refractivity contribution in [3.8, 4) is 11.1 Å². The van der Waals surface area contributed by atoms with Crippen LogP contribution >= 0.6 is 23.1 Å². The minimum Gasteiger partial charge on any atom is -0.275 e. The maximum absolute atomic E-state index is 4.44. The first-order chi connectivity index (χ1) is 10.7. The number of rotatable bonds is 5. The third-order valence-corrected chi connectivity index (χ3v) is 5.68. The van der Waals surface area contributed by atoms with E-state index in [0.717, 1.165) is 12.8 Å². The zero-order valence-electron chi connectivity index (χ0n) is 13.0. The van der Waals surface area contributed by atoms with Gasteiger partial charge in [-0.3, -0.25) is 4.68 Å². The van der Waals surface area contributed by atoms with E-state index in [9.17, 15) is 0 Å². The highest BCUT2D eigenvalue weighted by Gasteiger charge is 2.08. The van der Waals surface area contributed by atoms with E-state index in [-0.39, 0.29) is 0 Å². The molecule has 114 valence electrons. The Morgan fingerprint density at radius 1 is 1.09 bits per heavy atom. The van der Waals surface area contributed by atoms with Crippen LogP contribution in [0.4, 0.5) is 0 Å². The first-order valence-corrected chi connectivity index (χ1v) is 9.06. The van der Waals surface area contributed by atoms with E-state index < -0.39 is 0 Å². The van der Waals surface area contributed by atoms with Crippen molar-refractivity contribution in [2.75, 3.05) is 0 Å². The van der Waals surface area contributed by atoms with Crippen LogP contribution in [0.3, 0.4) is 0 Å². The average molecular weight is 329 g/mol. The SMILES string of the molecule is CCc1cc(Sc2cnc(CC)s2)cc(-c2cnn(C)c2)c1. The first-order valence-electron chi connectivity index (χ1n) is 7.43. The Labute approximate surface area is 139 Å². The van der Waals surface area contributed by atoms with Crippen LogP contribution in [-0.4, -0.2) is 14.8 Å². The van der Waals surface area contributed by atoms with Gasteiger partial charge in [-0.15, -0.1) is 11.3 Å². The van der Waals surface area contributed by atoms with Crippen molar-refractivity contribution in [2.45, 2.75) is 35.8 Å². The molecule has 0 radical (unpaired) electrons. The van der Waals surface area contributed by atoms with Gasteiger partial charge in [-0.25, -0.2) is 4.98 Å². The normalized spacial score (nSPS) is 11.0. The van der Waals surface area contributed by atoms with Gasteiger partial charge in [0.2, 0.25) is 0 Å².